The van der Waals surface area contributed by atoms with Crippen molar-refractivity contribution in [3.05, 3.63) is 90.5 Å². The molecule has 1 N–H and O–H groups in total. The maximum Gasteiger partial charge on any atom is 0.262 e. The molecule has 8 heteroatoms. The Bertz CT molecular complexity index is 1450. The van der Waals surface area contributed by atoms with Crippen molar-refractivity contribution in [3.8, 4) is 0 Å². The van der Waals surface area contributed by atoms with Crippen molar-refractivity contribution in [3.63, 3.8) is 0 Å². The Morgan fingerprint density at radius 2 is 1.45 bits per heavy atom. The highest BCUT2D eigenvalue weighted by Crippen LogP contribution is 2.42. The molecule has 0 saturated heterocycles. The summed E-state index contributed by atoms with van der Waals surface area (Å²) in [6.45, 7) is 0. The van der Waals surface area contributed by atoms with Gasteiger partial charge in [-0.25, -0.2) is 8.42 Å². The number of hydrogen-bond donors (Lipinski definition) is 1. The van der Waals surface area contributed by atoms with Crippen LogP contribution in [0.25, 0.3) is 10.8 Å². The molecule has 31 heavy (non-hydrogen) atoms. The van der Waals surface area contributed by atoms with Gasteiger partial charge in [0.15, 0.2) is 0 Å². The second-order valence-electron chi connectivity index (χ2n) is 6.87. The molecule has 0 radical (unpaired) electrons. The lowest BCUT2D eigenvalue weighted by molar-refractivity contribution is 0.109. The second kappa shape index (κ2) is 7.64. The molecule has 5 rings (SSSR count). The minimum absolute atomic E-state index is 0.0663. The number of nitrogens with zero attached hydrogens (tertiary/aromatic N) is 2. The number of sulfonamides is 1. The number of anilines is 1. The lowest BCUT2D eigenvalue weighted by Gasteiger charge is -2.11. The van der Waals surface area contributed by atoms with Gasteiger partial charge in [0.25, 0.3) is 10.0 Å². The van der Waals surface area contributed by atoms with E-state index in [2.05, 4.69) is 15.0 Å². The lowest BCUT2D eigenvalue weighted by atomic mass is 10.1. The quantitative estimate of drug-likeness (QED) is 0.365. The average molecular weight is 446 g/mol. The summed E-state index contributed by atoms with van der Waals surface area (Å²) in [6.07, 6.45) is 0. The highest BCUT2D eigenvalue weighted by molar-refractivity contribution is 8.14. The average Bonchev–Trinajstić information content (AvgIpc) is 3.11. The van der Waals surface area contributed by atoms with Gasteiger partial charge in [-0.2, -0.15) is 10.2 Å². The van der Waals surface area contributed by atoms with Crippen molar-refractivity contribution < 1.29 is 13.2 Å². The highest BCUT2D eigenvalue weighted by Gasteiger charge is 2.27. The summed E-state index contributed by atoms with van der Waals surface area (Å²) < 4.78 is 28.8. The van der Waals surface area contributed by atoms with Gasteiger partial charge in [0, 0.05) is 26.9 Å². The Morgan fingerprint density at radius 3 is 2.19 bits per heavy atom. The zero-order valence-electron chi connectivity index (χ0n) is 16.0. The first kappa shape index (κ1) is 19.5. The van der Waals surface area contributed by atoms with E-state index < -0.39 is 10.0 Å². The number of rotatable bonds is 5. The van der Waals surface area contributed by atoms with Gasteiger partial charge in [-0.1, -0.05) is 30.3 Å². The number of nitrogens with one attached hydrogen (secondary N) is 1. The number of benzene rings is 4. The number of carbonyl (C=O) groups is 1. The molecule has 4 aromatic rings. The highest BCUT2D eigenvalue weighted by atomic mass is 32.2. The number of azo groups is 1. The first-order valence-corrected chi connectivity index (χ1v) is 11.7. The number of carbonyl (C=O) groups excluding carboxylic acids is 1. The van der Waals surface area contributed by atoms with E-state index in [-0.39, 0.29) is 10.0 Å². The summed E-state index contributed by atoms with van der Waals surface area (Å²) in [4.78, 5) is 13.1. The third-order valence-corrected chi connectivity index (χ3v) is 7.24. The van der Waals surface area contributed by atoms with E-state index in [1.54, 1.807) is 48.5 Å². The van der Waals surface area contributed by atoms with Crippen molar-refractivity contribution in [2.75, 3.05) is 4.72 Å². The van der Waals surface area contributed by atoms with Crippen LogP contribution in [0.15, 0.2) is 105 Å². The summed E-state index contributed by atoms with van der Waals surface area (Å²) in [7, 11) is -3.86. The van der Waals surface area contributed by atoms with Gasteiger partial charge in [0.2, 0.25) is 5.12 Å². The smallest absolute Gasteiger partial charge is 0.262 e. The molecule has 1 aliphatic rings. The number of thioether (sulfide) groups is 1. The number of hydrogen-bond acceptors (Lipinski definition) is 6. The summed E-state index contributed by atoms with van der Waals surface area (Å²) in [5.41, 5.74) is 2.29. The van der Waals surface area contributed by atoms with Crippen LogP contribution in [0, 0.1) is 0 Å². The van der Waals surface area contributed by atoms with Gasteiger partial charge in [-0.05, 0) is 66.4 Å². The molecule has 0 bridgehead atoms. The fourth-order valence-corrected chi connectivity index (χ4v) is 5.61. The van der Waals surface area contributed by atoms with E-state index in [4.69, 9.17) is 0 Å². The van der Waals surface area contributed by atoms with Crippen molar-refractivity contribution in [1.82, 2.24) is 0 Å². The van der Waals surface area contributed by atoms with Crippen LogP contribution in [-0.4, -0.2) is 13.5 Å². The van der Waals surface area contributed by atoms with Gasteiger partial charge in [-0.15, -0.1) is 0 Å². The van der Waals surface area contributed by atoms with Crippen molar-refractivity contribution in [1.29, 1.82) is 0 Å². The van der Waals surface area contributed by atoms with Crippen molar-refractivity contribution >= 4 is 54.7 Å². The predicted molar refractivity (Wildman–Crippen MR) is 122 cm³/mol. The molecule has 0 aromatic heterocycles. The zero-order chi connectivity index (χ0) is 21.4. The van der Waals surface area contributed by atoms with Gasteiger partial charge in [0.1, 0.15) is 0 Å². The maximum atomic E-state index is 13.1. The third-order valence-electron chi connectivity index (χ3n) is 4.83. The largest absolute Gasteiger partial charge is 0.281 e. The maximum absolute atomic E-state index is 13.1. The first-order chi connectivity index (χ1) is 15.0. The summed E-state index contributed by atoms with van der Waals surface area (Å²) in [5, 5.41) is 9.47. The Hall–Kier alpha value is -3.49. The van der Waals surface area contributed by atoms with Gasteiger partial charge >= 0.3 is 0 Å². The molecule has 0 saturated carbocycles. The van der Waals surface area contributed by atoms with E-state index >= 15 is 0 Å². The Labute approximate surface area is 183 Å². The minimum atomic E-state index is -3.86. The lowest BCUT2D eigenvalue weighted by Crippen LogP contribution is -2.13. The minimum Gasteiger partial charge on any atom is -0.281 e. The van der Waals surface area contributed by atoms with Gasteiger partial charge in [-0.3, -0.25) is 9.52 Å². The molecule has 0 amide bonds. The van der Waals surface area contributed by atoms with E-state index in [0.29, 0.717) is 27.7 Å². The van der Waals surface area contributed by atoms with Crippen LogP contribution in [-0.2, 0) is 10.0 Å². The Kier molecular flexibility index (Phi) is 4.80. The Morgan fingerprint density at radius 1 is 0.742 bits per heavy atom. The van der Waals surface area contributed by atoms with E-state index in [1.807, 2.05) is 30.3 Å². The van der Waals surface area contributed by atoms with E-state index in [1.165, 1.54) is 6.07 Å². The molecule has 0 atom stereocenters. The molecule has 4 aromatic carbocycles. The monoisotopic (exact) mass is 445 g/mol. The van der Waals surface area contributed by atoms with Crippen LogP contribution < -0.4 is 4.72 Å². The molecular weight excluding hydrogens is 430 g/mol. The SMILES string of the molecule is O=C1Sc2ccc(S(=O)(=O)Nc3ccc(N=Nc4ccccc4)cc3)c3cccc1c23. The molecular formula is C23H15N3O3S2. The van der Waals surface area contributed by atoms with Gasteiger partial charge in [0.05, 0.1) is 16.3 Å². The Balaban J connectivity index is 1.42. The van der Waals surface area contributed by atoms with Crippen LogP contribution in [0.3, 0.4) is 0 Å². The van der Waals surface area contributed by atoms with Crippen LogP contribution in [0.2, 0.25) is 0 Å². The molecule has 152 valence electrons. The van der Waals surface area contributed by atoms with E-state index in [0.717, 1.165) is 22.3 Å². The van der Waals surface area contributed by atoms with Crippen LogP contribution >= 0.6 is 11.8 Å². The van der Waals surface area contributed by atoms with Crippen LogP contribution in [0.1, 0.15) is 10.4 Å². The van der Waals surface area contributed by atoms with E-state index in [9.17, 15) is 13.2 Å². The molecule has 6 nitrogen and oxygen atoms in total. The molecule has 1 heterocycles. The normalized spacial score (nSPS) is 13.2. The van der Waals surface area contributed by atoms with Gasteiger partial charge < -0.3 is 0 Å². The van der Waals surface area contributed by atoms with Crippen molar-refractivity contribution in [2.45, 2.75) is 9.79 Å². The van der Waals surface area contributed by atoms with Crippen LogP contribution in [0.5, 0.6) is 0 Å². The standard InChI is InChI=1S/C23H15N3O3S2/c27-23-19-8-4-7-18-21(14-13-20(30-23)22(18)19)31(28,29)26-17-11-9-16(10-12-17)25-24-15-5-2-1-3-6-15/h1-14,26H. The first-order valence-electron chi connectivity index (χ1n) is 9.39. The topological polar surface area (TPSA) is 88.0 Å². The molecule has 0 unspecified atom stereocenters. The summed E-state index contributed by atoms with van der Waals surface area (Å²) in [5.74, 6) is 0. The van der Waals surface area contributed by atoms with Crippen molar-refractivity contribution in [2.24, 2.45) is 10.2 Å². The summed E-state index contributed by atoms with van der Waals surface area (Å²) in [6, 6.07) is 24.4. The zero-order valence-corrected chi connectivity index (χ0v) is 17.7. The molecule has 0 spiro atoms. The third kappa shape index (κ3) is 3.71. The fraction of sp³-hybridized carbons (Fsp3) is 0. The second-order valence-corrected chi connectivity index (χ2v) is 9.53. The summed E-state index contributed by atoms with van der Waals surface area (Å²) >= 11 is 1.12. The molecule has 0 aliphatic carbocycles. The molecule has 0 fully saturated rings. The molecule has 1 aliphatic heterocycles. The fourth-order valence-electron chi connectivity index (χ4n) is 3.41. The predicted octanol–water partition coefficient (Wildman–Crippen LogP) is 6.30. The van der Waals surface area contributed by atoms with Crippen LogP contribution in [0.4, 0.5) is 17.1 Å².